The SMILES string of the molecule is COc1ccc2cc1CNCCCNC(=O)CN1CCN(CC1)Cc1cc(ccc1N1CCOCC1)Nc1nccc-2n1. The van der Waals surface area contributed by atoms with E-state index in [0.717, 1.165) is 100 Å². The lowest BCUT2D eigenvalue weighted by atomic mass is 10.1. The molecule has 0 aliphatic carbocycles. The van der Waals surface area contributed by atoms with Crippen LogP contribution in [0.3, 0.4) is 0 Å². The first kappa shape index (κ1) is 29.3. The number of piperazine rings is 1. The molecule has 1 amide bonds. The zero-order valence-corrected chi connectivity index (χ0v) is 25.0. The van der Waals surface area contributed by atoms with Crippen molar-refractivity contribution in [2.75, 3.05) is 89.4 Å². The van der Waals surface area contributed by atoms with Gasteiger partial charge in [-0.25, -0.2) is 9.97 Å². The summed E-state index contributed by atoms with van der Waals surface area (Å²) in [5.74, 6) is 1.48. The van der Waals surface area contributed by atoms with E-state index < -0.39 is 0 Å². The fraction of sp³-hybridized carbons (Fsp3) is 0.469. The van der Waals surface area contributed by atoms with Crippen molar-refractivity contribution in [1.29, 1.82) is 0 Å². The number of nitrogens with one attached hydrogen (secondary N) is 3. The van der Waals surface area contributed by atoms with Gasteiger partial charge in [0.15, 0.2) is 0 Å². The molecule has 5 heterocycles. The average Bonchev–Trinajstić information content (AvgIpc) is 3.04. The quantitative estimate of drug-likeness (QED) is 0.415. The maximum atomic E-state index is 12.6. The Labute approximate surface area is 253 Å². The van der Waals surface area contributed by atoms with E-state index in [1.807, 2.05) is 18.2 Å². The molecule has 3 N–H and O–H groups in total. The molecule has 0 saturated carbocycles. The molecule has 11 nitrogen and oxygen atoms in total. The van der Waals surface area contributed by atoms with Crippen molar-refractivity contribution in [3.63, 3.8) is 0 Å². The van der Waals surface area contributed by atoms with Crippen LogP contribution in [0.5, 0.6) is 5.75 Å². The Balaban J connectivity index is 1.29. The number of morpholine rings is 1. The van der Waals surface area contributed by atoms with Gasteiger partial charge in [-0.1, -0.05) is 0 Å². The Bertz CT molecular complexity index is 1390. The number of benzene rings is 2. The molecule has 4 aliphatic heterocycles. The van der Waals surface area contributed by atoms with E-state index in [0.29, 0.717) is 25.6 Å². The van der Waals surface area contributed by atoms with Gasteiger partial charge in [0.05, 0.1) is 32.6 Å². The van der Waals surface area contributed by atoms with Crippen molar-refractivity contribution in [2.45, 2.75) is 19.5 Å². The summed E-state index contributed by atoms with van der Waals surface area (Å²) in [4.78, 5) is 29.2. The standard InChI is InChI=1S/C32H42N8O3/c1-42-30-6-3-24-19-25(30)21-33-8-2-9-34-31(41)23-39-13-11-38(12-14-39)22-26-20-27(36-32-35-10-7-28(24)37-32)4-5-29(26)40-15-17-43-18-16-40/h3-7,10,19-20,33H,2,8-9,11-18,21-23H2,1H3,(H,34,41)(H,35,36,37). The number of rotatable bonds is 2. The molecule has 11 heteroatoms. The summed E-state index contributed by atoms with van der Waals surface area (Å²) in [5.41, 5.74) is 6.35. The third kappa shape index (κ3) is 7.61. The van der Waals surface area contributed by atoms with Gasteiger partial charge in [-0.05, 0) is 61.0 Å². The molecule has 7 rings (SSSR count). The highest BCUT2D eigenvalue weighted by Crippen LogP contribution is 2.30. The third-order valence-electron chi connectivity index (χ3n) is 8.31. The summed E-state index contributed by atoms with van der Waals surface area (Å²) < 4.78 is 11.3. The number of carbonyl (C=O) groups excluding carboxylic acids is 1. The molecular weight excluding hydrogens is 544 g/mol. The monoisotopic (exact) mass is 586 g/mol. The summed E-state index contributed by atoms with van der Waals surface area (Å²) >= 11 is 0. The first-order valence-electron chi connectivity index (χ1n) is 15.3. The molecule has 43 heavy (non-hydrogen) atoms. The fourth-order valence-electron chi connectivity index (χ4n) is 5.96. The lowest BCUT2D eigenvalue weighted by Crippen LogP contribution is -2.49. The molecule has 3 aromatic rings. The first-order valence-corrected chi connectivity index (χ1v) is 15.3. The van der Waals surface area contributed by atoms with E-state index >= 15 is 0 Å². The Morgan fingerprint density at radius 3 is 2.51 bits per heavy atom. The maximum absolute atomic E-state index is 12.6. The van der Waals surface area contributed by atoms with Crippen LogP contribution >= 0.6 is 0 Å². The van der Waals surface area contributed by atoms with Crippen LogP contribution in [0.15, 0.2) is 48.7 Å². The highest BCUT2D eigenvalue weighted by molar-refractivity contribution is 5.78. The maximum Gasteiger partial charge on any atom is 0.234 e. The normalized spacial score (nSPS) is 21.9. The van der Waals surface area contributed by atoms with Gasteiger partial charge < -0.3 is 30.3 Å². The van der Waals surface area contributed by atoms with Crippen molar-refractivity contribution in [3.8, 4) is 17.0 Å². The predicted molar refractivity (Wildman–Crippen MR) is 168 cm³/mol. The molecule has 0 spiro atoms. The van der Waals surface area contributed by atoms with Gasteiger partial charge in [-0.2, -0.15) is 0 Å². The van der Waals surface area contributed by atoms with Crippen molar-refractivity contribution in [1.82, 2.24) is 30.4 Å². The van der Waals surface area contributed by atoms with E-state index in [4.69, 9.17) is 14.5 Å². The van der Waals surface area contributed by atoms with Crippen molar-refractivity contribution in [2.24, 2.45) is 0 Å². The van der Waals surface area contributed by atoms with Crippen LogP contribution in [0.4, 0.5) is 17.3 Å². The number of nitrogens with zero attached hydrogens (tertiary/aromatic N) is 5. The summed E-state index contributed by atoms with van der Waals surface area (Å²) in [6.07, 6.45) is 2.65. The van der Waals surface area contributed by atoms with Gasteiger partial charge in [-0.3, -0.25) is 14.6 Å². The molecule has 4 aliphatic rings. The van der Waals surface area contributed by atoms with Crippen LogP contribution < -0.4 is 25.6 Å². The predicted octanol–water partition coefficient (Wildman–Crippen LogP) is 2.46. The Hall–Kier alpha value is -3.77. The van der Waals surface area contributed by atoms with E-state index in [9.17, 15) is 4.79 Å². The Morgan fingerprint density at radius 1 is 0.884 bits per heavy atom. The van der Waals surface area contributed by atoms with Gasteiger partial charge in [-0.15, -0.1) is 0 Å². The molecule has 8 bridgehead atoms. The number of hydrogen-bond donors (Lipinski definition) is 3. The van der Waals surface area contributed by atoms with Gasteiger partial charge in [0, 0.05) is 87.6 Å². The lowest BCUT2D eigenvalue weighted by Gasteiger charge is -2.36. The van der Waals surface area contributed by atoms with Crippen molar-refractivity contribution in [3.05, 3.63) is 59.8 Å². The van der Waals surface area contributed by atoms with E-state index in [2.05, 4.69) is 59.9 Å². The number of ether oxygens (including phenoxy) is 2. The van der Waals surface area contributed by atoms with E-state index in [1.165, 1.54) is 11.3 Å². The number of amides is 1. The topological polar surface area (TPSA) is 107 Å². The second-order valence-corrected chi connectivity index (χ2v) is 11.3. The zero-order chi connectivity index (χ0) is 29.4. The van der Waals surface area contributed by atoms with Crippen LogP contribution in [-0.4, -0.2) is 105 Å². The highest BCUT2D eigenvalue weighted by atomic mass is 16.5. The first-order chi connectivity index (χ1) is 21.1. The summed E-state index contributed by atoms with van der Waals surface area (Å²) in [6, 6.07) is 14.6. The minimum Gasteiger partial charge on any atom is -0.496 e. The van der Waals surface area contributed by atoms with E-state index in [1.54, 1.807) is 13.3 Å². The summed E-state index contributed by atoms with van der Waals surface area (Å²) in [7, 11) is 1.69. The Kier molecular flexibility index (Phi) is 9.63. The Morgan fingerprint density at radius 2 is 1.70 bits per heavy atom. The largest absolute Gasteiger partial charge is 0.496 e. The summed E-state index contributed by atoms with van der Waals surface area (Å²) in [6.45, 7) is 10.2. The number of anilines is 3. The summed E-state index contributed by atoms with van der Waals surface area (Å²) in [5, 5.41) is 10.0. The average molecular weight is 587 g/mol. The number of aromatic nitrogens is 2. The van der Waals surface area contributed by atoms with Gasteiger partial charge in [0.25, 0.3) is 0 Å². The molecule has 2 aromatic carbocycles. The number of carbonyl (C=O) groups is 1. The van der Waals surface area contributed by atoms with Crippen LogP contribution in [-0.2, 0) is 22.6 Å². The second kappa shape index (κ2) is 14.1. The van der Waals surface area contributed by atoms with Crippen molar-refractivity contribution >= 4 is 23.2 Å². The number of fused-ring (bicyclic) bond motifs is 9. The molecular formula is C32H42N8O3. The van der Waals surface area contributed by atoms with E-state index in [-0.39, 0.29) is 5.91 Å². The zero-order valence-electron chi connectivity index (χ0n) is 25.0. The number of hydrogen-bond acceptors (Lipinski definition) is 10. The minimum absolute atomic E-state index is 0.0949. The van der Waals surface area contributed by atoms with Crippen LogP contribution in [0.1, 0.15) is 17.5 Å². The molecule has 2 saturated heterocycles. The molecule has 1 aromatic heterocycles. The van der Waals surface area contributed by atoms with Crippen LogP contribution in [0, 0.1) is 0 Å². The van der Waals surface area contributed by atoms with Gasteiger partial charge >= 0.3 is 0 Å². The minimum atomic E-state index is 0.0949. The van der Waals surface area contributed by atoms with Crippen LogP contribution in [0.2, 0.25) is 0 Å². The van der Waals surface area contributed by atoms with Crippen LogP contribution in [0.25, 0.3) is 11.3 Å². The molecule has 2 fully saturated rings. The number of methoxy groups -OCH3 is 1. The molecule has 0 radical (unpaired) electrons. The smallest absolute Gasteiger partial charge is 0.234 e. The third-order valence-corrected chi connectivity index (χ3v) is 8.31. The fourth-order valence-corrected chi connectivity index (χ4v) is 5.96. The highest BCUT2D eigenvalue weighted by Gasteiger charge is 2.22. The second-order valence-electron chi connectivity index (χ2n) is 11.3. The van der Waals surface area contributed by atoms with Crippen molar-refractivity contribution < 1.29 is 14.3 Å². The molecule has 0 atom stereocenters. The van der Waals surface area contributed by atoms with Gasteiger partial charge in [0.1, 0.15) is 5.75 Å². The van der Waals surface area contributed by atoms with Gasteiger partial charge in [0.2, 0.25) is 11.9 Å². The molecule has 228 valence electrons. The lowest BCUT2D eigenvalue weighted by molar-refractivity contribution is -0.122. The molecule has 0 unspecified atom stereocenters.